The van der Waals surface area contributed by atoms with E-state index in [1.54, 1.807) is 10.9 Å². The summed E-state index contributed by atoms with van der Waals surface area (Å²) in [6, 6.07) is 8.14. The summed E-state index contributed by atoms with van der Waals surface area (Å²) in [6.07, 6.45) is 6.21. The van der Waals surface area contributed by atoms with Crippen molar-refractivity contribution in [1.29, 1.82) is 0 Å². The molecule has 3 heterocycles. The quantitative estimate of drug-likeness (QED) is 0.678. The van der Waals surface area contributed by atoms with Gasteiger partial charge in [-0.2, -0.15) is 5.10 Å². The molecule has 2 saturated carbocycles. The predicted molar refractivity (Wildman–Crippen MR) is 107 cm³/mol. The van der Waals surface area contributed by atoms with Crippen molar-refractivity contribution >= 4 is 16.9 Å². The third kappa shape index (κ3) is 2.87. The number of rotatable bonds is 5. The molecule has 0 N–H and O–H groups in total. The Morgan fingerprint density at radius 2 is 2.04 bits per heavy atom. The number of carbonyl (C=O) groups excluding carboxylic acids is 1. The van der Waals surface area contributed by atoms with Gasteiger partial charge in [0.25, 0.3) is 5.91 Å². The summed E-state index contributed by atoms with van der Waals surface area (Å²) in [5, 5.41) is 5.43. The highest BCUT2D eigenvalue weighted by atomic mass is 16.2. The largest absolute Gasteiger partial charge is 0.327 e. The van der Waals surface area contributed by atoms with Crippen molar-refractivity contribution in [3.63, 3.8) is 0 Å². The second kappa shape index (κ2) is 6.40. The van der Waals surface area contributed by atoms with Crippen molar-refractivity contribution in [3.05, 3.63) is 53.1 Å². The Labute approximate surface area is 164 Å². The number of fused-ring (bicyclic) bond motifs is 1. The Balaban J connectivity index is 1.62. The highest BCUT2D eigenvalue weighted by molar-refractivity contribution is 6.07. The zero-order valence-corrected chi connectivity index (χ0v) is 16.6. The molecule has 5 rings (SSSR count). The fourth-order valence-electron chi connectivity index (χ4n) is 4.14. The minimum absolute atomic E-state index is 0.0641. The molecule has 1 amide bonds. The van der Waals surface area contributed by atoms with Gasteiger partial charge in [-0.15, -0.1) is 0 Å². The van der Waals surface area contributed by atoms with E-state index in [0.29, 0.717) is 5.92 Å². The van der Waals surface area contributed by atoms with Gasteiger partial charge < -0.3 is 4.90 Å². The molecule has 28 heavy (non-hydrogen) atoms. The van der Waals surface area contributed by atoms with Crippen molar-refractivity contribution in [3.8, 4) is 0 Å². The lowest BCUT2D eigenvalue weighted by molar-refractivity contribution is 0.0672. The van der Waals surface area contributed by atoms with E-state index in [2.05, 4.69) is 17.0 Å². The topological polar surface area (TPSA) is 63.9 Å². The monoisotopic (exact) mass is 375 g/mol. The number of aromatic nitrogens is 4. The lowest BCUT2D eigenvalue weighted by atomic mass is 10.0. The van der Waals surface area contributed by atoms with Gasteiger partial charge in [-0.1, -0.05) is 6.07 Å². The molecule has 0 radical (unpaired) electrons. The molecule has 3 aromatic heterocycles. The molecule has 0 aromatic carbocycles. The van der Waals surface area contributed by atoms with Crippen molar-refractivity contribution < 1.29 is 4.79 Å². The number of aryl methyl sites for hydroxylation is 2. The number of pyridine rings is 2. The summed E-state index contributed by atoms with van der Waals surface area (Å²) in [4.78, 5) is 25.2. The van der Waals surface area contributed by atoms with Crippen LogP contribution in [0, 0.1) is 6.92 Å². The first-order chi connectivity index (χ1) is 13.5. The van der Waals surface area contributed by atoms with Crippen LogP contribution in [-0.2, 0) is 7.05 Å². The van der Waals surface area contributed by atoms with Gasteiger partial charge in [0, 0.05) is 30.9 Å². The van der Waals surface area contributed by atoms with Gasteiger partial charge >= 0.3 is 0 Å². The normalized spacial score (nSPS) is 17.7. The predicted octanol–water partition coefficient (Wildman–Crippen LogP) is 3.91. The first kappa shape index (κ1) is 17.3. The van der Waals surface area contributed by atoms with Gasteiger partial charge in [0.15, 0.2) is 5.65 Å². The van der Waals surface area contributed by atoms with Crippen LogP contribution in [0.4, 0.5) is 0 Å². The second-order valence-corrected chi connectivity index (χ2v) is 8.15. The summed E-state index contributed by atoms with van der Waals surface area (Å²) in [6.45, 7) is 4.04. The molecule has 0 bridgehead atoms. The maximum absolute atomic E-state index is 13.8. The molecule has 2 aliphatic carbocycles. The molecular formula is C22H25N5O. The maximum Gasteiger partial charge on any atom is 0.255 e. The van der Waals surface area contributed by atoms with Crippen molar-refractivity contribution in [2.24, 2.45) is 7.05 Å². The fraction of sp³-hybridized carbons (Fsp3) is 0.455. The van der Waals surface area contributed by atoms with E-state index in [4.69, 9.17) is 4.98 Å². The highest BCUT2D eigenvalue weighted by Gasteiger charge is 2.39. The maximum atomic E-state index is 13.8. The van der Waals surface area contributed by atoms with Crippen molar-refractivity contribution in [2.45, 2.75) is 57.5 Å². The number of carbonyl (C=O) groups is 1. The van der Waals surface area contributed by atoms with Gasteiger partial charge in [-0.05, 0) is 57.7 Å². The molecule has 0 spiro atoms. The summed E-state index contributed by atoms with van der Waals surface area (Å²) < 4.78 is 1.80. The summed E-state index contributed by atoms with van der Waals surface area (Å²) in [5.41, 5.74) is 4.37. The molecule has 2 fully saturated rings. The second-order valence-electron chi connectivity index (χ2n) is 8.15. The molecular weight excluding hydrogens is 350 g/mol. The van der Waals surface area contributed by atoms with Crippen LogP contribution in [0.5, 0.6) is 0 Å². The Bertz CT molecular complexity index is 1050. The van der Waals surface area contributed by atoms with Crippen molar-refractivity contribution in [1.82, 2.24) is 24.6 Å². The van der Waals surface area contributed by atoms with Crippen LogP contribution in [0.25, 0.3) is 11.0 Å². The highest BCUT2D eigenvalue weighted by Crippen LogP contribution is 2.42. The molecule has 0 saturated heterocycles. The number of amides is 1. The van der Waals surface area contributed by atoms with Crippen LogP contribution in [-0.4, -0.2) is 36.6 Å². The molecule has 6 nitrogen and oxygen atoms in total. The van der Waals surface area contributed by atoms with Gasteiger partial charge in [-0.25, -0.2) is 4.98 Å². The smallest absolute Gasteiger partial charge is 0.255 e. The molecule has 1 unspecified atom stereocenters. The first-order valence-corrected chi connectivity index (χ1v) is 10.1. The van der Waals surface area contributed by atoms with E-state index in [1.165, 1.54) is 0 Å². The number of hydrogen-bond donors (Lipinski definition) is 0. The van der Waals surface area contributed by atoms with Crippen LogP contribution >= 0.6 is 0 Å². The van der Waals surface area contributed by atoms with Crippen molar-refractivity contribution in [2.75, 3.05) is 0 Å². The summed E-state index contributed by atoms with van der Waals surface area (Å²) in [5.74, 6) is 0.555. The number of nitrogens with zero attached hydrogens (tertiary/aromatic N) is 5. The Morgan fingerprint density at radius 3 is 2.68 bits per heavy atom. The Morgan fingerprint density at radius 1 is 1.25 bits per heavy atom. The lowest BCUT2D eigenvalue weighted by Crippen LogP contribution is -2.36. The zero-order valence-electron chi connectivity index (χ0n) is 16.6. The molecule has 3 aromatic rings. The molecule has 144 valence electrons. The van der Waals surface area contributed by atoms with E-state index < -0.39 is 0 Å². The Kier molecular flexibility index (Phi) is 3.96. The minimum atomic E-state index is -0.0641. The molecule has 0 aliphatic heterocycles. The molecule has 6 heteroatoms. The Hall–Kier alpha value is -2.76. The van der Waals surface area contributed by atoms with E-state index in [0.717, 1.165) is 59.4 Å². The van der Waals surface area contributed by atoms with E-state index >= 15 is 0 Å². The standard InChI is InChI=1S/C22H25N5O/c1-13-20-17(12-19(15-7-8-15)24-21(20)26(3)25-13)22(28)27(16-9-10-16)14(2)18-6-4-5-11-23-18/h4-6,11-12,14-16H,7-10H2,1-3H3. The van der Waals surface area contributed by atoms with Crippen LogP contribution in [0.2, 0.25) is 0 Å². The molecule has 2 aliphatic rings. The SMILES string of the molecule is Cc1nn(C)c2nc(C3CC3)cc(C(=O)N(C3CC3)C(C)c3ccccn3)c12. The van der Waals surface area contributed by atoms with E-state index in [9.17, 15) is 4.79 Å². The van der Waals surface area contributed by atoms with Gasteiger partial charge in [0.2, 0.25) is 0 Å². The van der Waals surface area contributed by atoms with Crippen LogP contribution in [0.15, 0.2) is 30.5 Å². The summed E-state index contributed by atoms with van der Waals surface area (Å²) in [7, 11) is 1.91. The zero-order chi connectivity index (χ0) is 19.4. The molecule has 1 atom stereocenters. The van der Waals surface area contributed by atoms with Gasteiger partial charge in [-0.3, -0.25) is 14.5 Å². The average Bonchev–Trinajstić information content (AvgIpc) is 3.61. The first-order valence-electron chi connectivity index (χ1n) is 10.1. The fourth-order valence-corrected chi connectivity index (χ4v) is 4.14. The minimum Gasteiger partial charge on any atom is -0.327 e. The van der Waals surface area contributed by atoms with Gasteiger partial charge in [0.1, 0.15) is 0 Å². The third-order valence-electron chi connectivity index (χ3n) is 5.92. The summed E-state index contributed by atoms with van der Waals surface area (Å²) >= 11 is 0. The van der Waals surface area contributed by atoms with Crippen LogP contribution in [0.1, 0.15) is 72.0 Å². The van der Waals surface area contributed by atoms with E-state index in [1.807, 2.05) is 43.1 Å². The number of hydrogen-bond acceptors (Lipinski definition) is 4. The third-order valence-corrected chi connectivity index (χ3v) is 5.92. The average molecular weight is 375 g/mol. The van der Waals surface area contributed by atoms with Crippen LogP contribution < -0.4 is 0 Å². The lowest BCUT2D eigenvalue weighted by Gasteiger charge is -2.29. The van der Waals surface area contributed by atoms with E-state index in [-0.39, 0.29) is 18.0 Å². The van der Waals surface area contributed by atoms with Crippen LogP contribution in [0.3, 0.4) is 0 Å². The van der Waals surface area contributed by atoms with Gasteiger partial charge in [0.05, 0.1) is 28.4 Å².